The molecule has 4 aromatic rings. The molecular formula is C27H24N2O3. The van der Waals surface area contributed by atoms with Gasteiger partial charge in [-0.05, 0) is 58.3 Å². The molecule has 160 valence electrons. The first kappa shape index (κ1) is 21.1. The van der Waals surface area contributed by atoms with E-state index in [1.165, 1.54) is 0 Å². The van der Waals surface area contributed by atoms with Crippen LogP contribution in [0.25, 0.3) is 10.8 Å². The molecule has 0 unspecified atom stereocenters. The van der Waals surface area contributed by atoms with Crippen molar-refractivity contribution in [2.45, 2.75) is 13.0 Å². The van der Waals surface area contributed by atoms with Crippen molar-refractivity contribution >= 4 is 28.3 Å². The fourth-order valence-corrected chi connectivity index (χ4v) is 3.44. The summed E-state index contributed by atoms with van der Waals surface area (Å²) in [6.07, 6.45) is 0.302. The molecule has 2 N–H and O–H groups in total. The molecule has 0 fully saturated rings. The van der Waals surface area contributed by atoms with Crippen LogP contribution in [0.15, 0.2) is 91.0 Å². The number of carbonyl (C=O) groups excluding carboxylic acids is 2. The van der Waals surface area contributed by atoms with Crippen LogP contribution < -0.4 is 15.4 Å². The summed E-state index contributed by atoms with van der Waals surface area (Å²) in [5.41, 5.74) is 3.16. The molecule has 0 aromatic heterocycles. The Morgan fingerprint density at radius 1 is 0.781 bits per heavy atom. The van der Waals surface area contributed by atoms with E-state index in [4.69, 9.17) is 4.74 Å². The number of hydrogen-bond donors (Lipinski definition) is 2. The van der Waals surface area contributed by atoms with Crippen molar-refractivity contribution in [3.05, 3.63) is 108 Å². The molecule has 5 heteroatoms. The molecule has 0 bridgehead atoms. The van der Waals surface area contributed by atoms with Gasteiger partial charge in [0.15, 0.2) is 0 Å². The zero-order chi connectivity index (χ0) is 22.3. The first-order chi connectivity index (χ1) is 15.6. The molecule has 0 aliphatic carbocycles. The minimum Gasteiger partial charge on any atom is -0.497 e. The molecule has 0 spiro atoms. The lowest BCUT2D eigenvalue weighted by Gasteiger charge is -2.09. The van der Waals surface area contributed by atoms with Crippen molar-refractivity contribution < 1.29 is 14.3 Å². The fraction of sp³-hybridized carbons (Fsp3) is 0.111. The van der Waals surface area contributed by atoms with Crippen LogP contribution in [0, 0.1) is 0 Å². The SMILES string of the molecule is COc1ccc(CC(=O)NCc2ccc(C(=O)Nc3ccc4ccccc4c3)cc2)cc1. The van der Waals surface area contributed by atoms with Gasteiger partial charge in [0.2, 0.25) is 5.91 Å². The second-order valence-electron chi connectivity index (χ2n) is 7.51. The molecular weight excluding hydrogens is 400 g/mol. The van der Waals surface area contributed by atoms with Gasteiger partial charge < -0.3 is 15.4 Å². The molecule has 0 radical (unpaired) electrons. The molecule has 4 rings (SSSR count). The largest absolute Gasteiger partial charge is 0.497 e. The predicted octanol–water partition coefficient (Wildman–Crippen LogP) is 4.96. The minimum absolute atomic E-state index is 0.0618. The Morgan fingerprint density at radius 2 is 1.47 bits per heavy atom. The average Bonchev–Trinajstić information content (AvgIpc) is 2.83. The second kappa shape index (κ2) is 9.79. The summed E-state index contributed by atoms with van der Waals surface area (Å²) in [6.45, 7) is 0.404. The zero-order valence-corrected chi connectivity index (χ0v) is 17.8. The molecule has 32 heavy (non-hydrogen) atoms. The highest BCUT2D eigenvalue weighted by Crippen LogP contribution is 2.19. The standard InChI is InChI=1S/C27H24N2O3/c1-32-25-14-8-19(9-15-25)16-26(30)28-18-20-6-10-22(11-7-20)27(31)29-24-13-12-21-4-2-3-5-23(21)17-24/h2-15,17H,16,18H2,1H3,(H,28,30)(H,29,31). The van der Waals surface area contributed by atoms with Crippen LogP contribution >= 0.6 is 0 Å². The normalized spacial score (nSPS) is 10.5. The number of amides is 2. The maximum absolute atomic E-state index is 12.6. The molecule has 0 aliphatic heterocycles. The molecule has 0 saturated carbocycles. The molecule has 0 aliphatic rings. The van der Waals surface area contributed by atoms with Crippen molar-refractivity contribution in [1.29, 1.82) is 0 Å². The van der Waals surface area contributed by atoms with Gasteiger partial charge in [0.25, 0.3) is 5.91 Å². The van der Waals surface area contributed by atoms with Gasteiger partial charge in [0, 0.05) is 17.8 Å². The summed E-state index contributed by atoms with van der Waals surface area (Å²) in [7, 11) is 1.61. The van der Waals surface area contributed by atoms with Crippen LogP contribution in [-0.4, -0.2) is 18.9 Å². The smallest absolute Gasteiger partial charge is 0.255 e. The number of benzene rings is 4. The van der Waals surface area contributed by atoms with Gasteiger partial charge in [-0.15, -0.1) is 0 Å². The lowest BCUT2D eigenvalue weighted by Crippen LogP contribution is -2.24. The van der Waals surface area contributed by atoms with Gasteiger partial charge in [0.1, 0.15) is 5.75 Å². The summed E-state index contributed by atoms with van der Waals surface area (Å²) >= 11 is 0. The van der Waals surface area contributed by atoms with Crippen molar-refractivity contribution in [3.63, 3.8) is 0 Å². The monoisotopic (exact) mass is 424 g/mol. The van der Waals surface area contributed by atoms with E-state index in [-0.39, 0.29) is 11.8 Å². The summed E-state index contributed by atoms with van der Waals surface area (Å²) in [6, 6.07) is 28.5. The molecule has 0 saturated heterocycles. The third kappa shape index (κ3) is 5.32. The predicted molar refractivity (Wildman–Crippen MR) is 127 cm³/mol. The Hall–Kier alpha value is -4.12. The number of fused-ring (bicyclic) bond motifs is 1. The van der Waals surface area contributed by atoms with Crippen molar-refractivity contribution in [2.24, 2.45) is 0 Å². The molecule has 0 heterocycles. The van der Waals surface area contributed by atoms with Crippen LogP contribution in [0.2, 0.25) is 0 Å². The van der Waals surface area contributed by atoms with Gasteiger partial charge in [-0.1, -0.05) is 54.6 Å². The first-order valence-corrected chi connectivity index (χ1v) is 10.4. The summed E-state index contributed by atoms with van der Waals surface area (Å²) in [4.78, 5) is 24.8. The maximum atomic E-state index is 12.6. The van der Waals surface area contributed by atoms with E-state index in [2.05, 4.69) is 10.6 Å². The van der Waals surface area contributed by atoms with Crippen LogP contribution in [0.4, 0.5) is 5.69 Å². The van der Waals surface area contributed by atoms with Crippen LogP contribution in [0.1, 0.15) is 21.5 Å². The lowest BCUT2D eigenvalue weighted by molar-refractivity contribution is -0.120. The van der Waals surface area contributed by atoms with Crippen LogP contribution in [0.5, 0.6) is 5.75 Å². The van der Waals surface area contributed by atoms with E-state index < -0.39 is 0 Å². The summed E-state index contributed by atoms with van der Waals surface area (Å²) in [5, 5.41) is 8.05. The number of ether oxygens (including phenoxy) is 1. The van der Waals surface area contributed by atoms with Crippen molar-refractivity contribution in [1.82, 2.24) is 5.32 Å². The Bertz CT molecular complexity index is 1230. The number of rotatable bonds is 7. The van der Waals surface area contributed by atoms with Gasteiger partial charge in [-0.2, -0.15) is 0 Å². The third-order valence-electron chi connectivity index (χ3n) is 5.24. The molecule has 2 amide bonds. The van der Waals surface area contributed by atoms with Gasteiger partial charge >= 0.3 is 0 Å². The molecule has 5 nitrogen and oxygen atoms in total. The fourth-order valence-electron chi connectivity index (χ4n) is 3.44. The third-order valence-corrected chi connectivity index (χ3v) is 5.24. The van der Waals surface area contributed by atoms with Gasteiger partial charge in [0.05, 0.1) is 13.5 Å². The van der Waals surface area contributed by atoms with E-state index >= 15 is 0 Å². The number of hydrogen-bond acceptors (Lipinski definition) is 3. The van der Waals surface area contributed by atoms with E-state index in [0.717, 1.165) is 33.3 Å². The Balaban J connectivity index is 1.30. The zero-order valence-electron chi connectivity index (χ0n) is 17.8. The summed E-state index contributed by atoms with van der Waals surface area (Å²) in [5.74, 6) is 0.530. The highest BCUT2D eigenvalue weighted by Gasteiger charge is 2.08. The van der Waals surface area contributed by atoms with Crippen LogP contribution in [-0.2, 0) is 17.8 Å². The highest BCUT2D eigenvalue weighted by atomic mass is 16.5. The topological polar surface area (TPSA) is 67.4 Å². The lowest BCUT2D eigenvalue weighted by atomic mass is 10.1. The number of anilines is 1. The van der Waals surface area contributed by atoms with E-state index in [1.807, 2.05) is 78.9 Å². The van der Waals surface area contributed by atoms with Crippen LogP contribution in [0.3, 0.4) is 0 Å². The second-order valence-corrected chi connectivity index (χ2v) is 7.51. The van der Waals surface area contributed by atoms with Crippen molar-refractivity contribution in [2.75, 3.05) is 12.4 Å². The Labute approximate surface area is 187 Å². The molecule has 0 atom stereocenters. The first-order valence-electron chi connectivity index (χ1n) is 10.4. The highest BCUT2D eigenvalue weighted by molar-refractivity contribution is 6.05. The quantitative estimate of drug-likeness (QED) is 0.441. The van der Waals surface area contributed by atoms with E-state index in [9.17, 15) is 9.59 Å². The maximum Gasteiger partial charge on any atom is 0.255 e. The van der Waals surface area contributed by atoms with Gasteiger partial charge in [-0.3, -0.25) is 9.59 Å². The van der Waals surface area contributed by atoms with E-state index in [1.54, 1.807) is 19.2 Å². The average molecular weight is 425 g/mol. The Morgan fingerprint density at radius 3 is 2.19 bits per heavy atom. The summed E-state index contributed by atoms with van der Waals surface area (Å²) < 4.78 is 5.13. The number of carbonyl (C=O) groups is 2. The van der Waals surface area contributed by atoms with Gasteiger partial charge in [-0.25, -0.2) is 0 Å². The van der Waals surface area contributed by atoms with E-state index in [0.29, 0.717) is 18.5 Å². The molecule has 4 aromatic carbocycles. The number of nitrogens with one attached hydrogen (secondary N) is 2. The number of methoxy groups -OCH3 is 1. The van der Waals surface area contributed by atoms with Crippen molar-refractivity contribution in [3.8, 4) is 5.75 Å². The Kier molecular flexibility index (Phi) is 6.46. The minimum atomic E-state index is -0.171.